The van der Waals surface area contributed by atoms with E-state index in [0.29, 0.717) is 5.92 Å². The Bertz CT molecular complexity index is 172. The zero-order valence-electron chi connectivity index (χ0n) is 7.26. The monoisotopic (exact) mass is 156 g/mol. The average Bonchev–Trinajstić information content (AvgIpc) is 2.64. The van der Waals surface area contributed by atoms with Crippen molar-refractivity contribution in [1.29, 1.82) is 0 Å². The topological polar surface area (TPSA) is 29.5 Å². The van der Waals surface area contributed by atoms with Crippen LogP contribution in [0.5, 0.6) is 0 Å². The van der Waals surface area contributed by atoms with Crippen molar-refractivity contribution < 1.29 is 9.84 Å². The first-order valence-electron chi connectivity index (χ1n) is 4.43. The zero-order chi connectivity index (χ0) is 8.11. The van der Waals surface area contributed by atoms with E-state index >= 15 is 0 Å². The Hall–Kier alpha value is -0.0800. The molecule has 1 aliphatic carbocycles. The minimum Gasteiger partial charge on any atom is -0.387 e. The Morgan fingerprint density at radius 1 is 1.36 bits per heavy atom. The van der Waals surface area contributed by atoms with Gasteiger partial charge in [-0.05, 0) is 32.6 Å². The molecule has 0 aromatic heterocycles. The summed E-state index contributed by atoms with van der Waals surface area (Å²) in [5.74, 6) is 0.514. The minimum atomic E-state index is -0.521. The van der Waals surface area contributed by atoms with E-state index < -0.39 is 5.60 Å². The molecule has 2 nitrogen and oxygen atoms in total. The number of rotatable bonds is 1. The van der Waals surface area contributed by atoms with Crippen molar-refractivity contribution in [2.24, 2.45) is 5.92 Å². The standard InChI is InChI=1S/C9H16O2/c1-8(2)9(10,5-6-11-8)7-3-4-7/h7,10H,3-6H2,1-2H3. The van der Waals surface area contributed by atoms with Crippen molar-refractivity contribution in [2.75, 3.05) is 6.61 Å². The summed E-state index contributed by atoms with van der Waals surface area (Å²) in [6.07, 6.45) is 3.19. The van der Waals surface area contributed by atoms with Gasteiger partial charge in [0.25, 0.3) is 0 Å². The molecule has 2 rings (SSSR count). The molecule has 2 heteroatoms. The van der Waals surface area contributed by atoms with E-state index in [-0.39, 0.29) is 5.60 Å². The molecule has 1 atom stereocenters. The minimum absolute atomic E-state index is 0.311. The second-order valence-electron chi connectivity index (χ2n) is 4.31. The van der Waals surface area contributed by atoms with Crippen LogP contribution in [0.25, 0.3) is 0 Å². The Labute approximate surface area is 67.6 Å². The summed E-state index contributed by atoms with van der Waals surface area (Å²) in [7, 11) is 0. The summed E-state index contributed by atoms with van der Waals surface area (Å²) >= 11 is 0. The average molecular weight is 156 g/mol. The van der Waals surface area contributed by atoms with Crippen molar-refractivity contribution in [3.8, 4) is 0 Å². The van der Waals surface area contributed by atoms with Gasteiger partial charge in [-0.15, -0.1) is 0 Å². The van der Waals surface area contributed by atoms with E-state index in [2.05, 4.69) is 0 Å². The molecule has 2 fully saturated rings. The summed E-state index contributed by atoms with van der Waals surface area (Å²) in [6, 6.07) is 0. The van der Waals surface area contributed by atoms with E-state index in [9.17, 15) is 5.11 Å². The summed E-state index contributed by atoms with van der Waals surface area (Å²) < 4.78 is 5.51. The highest BCUT2D eigenvalue weighted by Gasteiger charge is 2.57. The lowest BCUT2D eigenvalue weighted by Gasteiger charge is -2.35. The Morgan fingerprint density at radius 2 is 2.00 bits per heavy atom. The van der Waals surface area contributed by atoms with Gasteiger partial charge in [-0.2, -0.15) is 0 Å². The van der Waals surface area contributed by atoms with Gasteiger partial charge >= 0.3 is 0 Å². The zero-order valence-corrected chi connectivity index (χ0v) is 7.26. The molecular weight excluding hydrogens is 140 g/mol. The fourth-order valence-electron chi connectivity index (χ4n) is 2.14. The second kappa shape index (κ2) is 1.99. The first-order valence-corrected chi connectivity index (χ1v) is 4.43. The van der Waals surface area contributed by atoms with Gasteiger partial charge in [-0.1, -0.05) is 0 Å². The Kier molecular flexibility index (Phi) is 1.37. The van der Waals surface area contributed by atoms with Crippen molar-refractivity contribution in [3.05, 3.63) is 0 Å². The third kappa shape index (κ3) is 0.926. The normalized spacial score (nSPS) is 42.8. The molecule has 2 aliphatic rings. The molecule has 0 aromatic rings. The molecule has 1 saturated carbocycles. The SMILES string of the molecule is CC1(C)OCCC1(O)C1CC1. The van der Waals surface area contributed by atoms with Crippen molar-refractivity contribution >= 4 is 0 Å². The molecule has 1 heterocycles. The molecule has 0 radical (unpaired) electrons. The number of hydrogen-bond acceptors (Lipinski definition) is 2. The van der Waals surface area contributed by atoms with Crippen LogP contribution in [-0.2, 0) is 4.74 Å². The van der Waals surface area contributed by atoms with Crippen LogP contribution >= 0.6 is 0 Å². The number of hydrogen-bond donors (Lipinski definition) is 1. The smallest absolute Gasteiger partial charge is 0.0980 e. The van der Waals surface area contributed by atoms with E-state index in [1.54, 1.807) is 0 Å². The van der Waals surface area contributed by atoms with Crippen molar-refractivity contribution in [2.45, 2.75) is 44.3 Å². The quantitative estimate of drug-likeness (QED) is 0.620. The maximum atomic E-state index is 10.2. The van der Waals surface area contributed by atoms with Crippen LogP contribution in [0, 0.1) is 5.92 Å². The van der Waals surface area contributed by atoms with E-state index in [1.165, 1.54) is 12.8 Å². The molecule has 64 valence electrons. The Morgan fingerprint density at radius 3 is 2.36 bits per heavy atom. The lowest BCUT2D eigenvalue weighted by Crippen LogP contribution is -2.48. The molecule has 0 bridgehead atoms. The lowest BCUT2D eigenvalue weighted by atomic mass is 9.81. The third-order valence-electron chi connectivity index (χ3n) is 3.24. The van der Waals surface area contributed by atoms with Crippen LogP contribution in [0.15, 0.2) is 0 Å². The van der Waals surface area contributed by atoms with Gasteiger partial charge in [0.2, 0.25) is 0 Å². The first kappa shape index (κ1) is 7.56. The van der Waals surface area contributed by atoms with Crippen LogP contribution in [0.3, 0.4) is 0 Å². The predicted octanol–water partition coefficient (Wildman–Crippen LogP) is 1.33. The van der Waals surface area contributed by atoms with Crippen LogP contribution in [0.4, 0.5) is 0 Å². The third-order valence-corrected chi connectivity index (χ3v) is 3.24. The van der Waals surface area contributed by atoms with Gasteiger partial charge in [0, 0.05) is 6.42 Å². The maximum Gasteiger partial charge on any atom is 0.0980 e. The van der Waals surface area contributed by atoms with Gasteiger partial charge in [0.05, 0.1) is 17.8 Å². The number of aliphatic hydroxyl groups is 1. The lowest BCUT2D eigenvalue weighted by molar-refractivity contribution is -0.109. The van der Waals surface area contributed by atoms with Crippen LogP contribution in [0.2, 0.25) is 0 Å². The summed E-state index contributed by atoms with van der Waals surface area (Å²) in [5, 5.41) is 10.2. The van der Waals surface area contributed by atoms with Crippen LogP contribution in [0.1, 0.15) is 33.1 Å². The van der Waals surface area contributed by atoms with Gasteiger partial charge in [-0.25, -0.2) is 0 Å². The second-order valence-corrected chi connectivity index (χ2v) is 4.31. The largest absolute Gasteiger partial charge is 0.387 e. The van der Waals surface area contributed by atoms with Gasteiger partial charge < -0.3 is 9.84 Å². The van der Waals surface area contributed by atoms with E-state index in [4.69, 9.17) is 4.74 Å². The molecular formula is C9H16O2. The van der Waals surface area contributed by atoms with E-state index in [1.807, 2.05) is 13.8 Å². The van der Waals surface area contributed by atoms with Gasteiger partial charge in [-0.3, -0.25) is 0 Å². The fourth-order valence-corrected chi connectivity index (χ4v) is 2.14. The molecule has 1 N–H and O–H groups in total. The highest BCUT2D eigenvalue weighted by molar-refractivity contribution is 5.07. The van der Waals surface area contributed by atoms with E-state index in [0.717, 1.165) is 13.0 Å². The summed E-state index contributed by atoms with van der Waals surface area (Å²) in [5.41, 5.74) is -0.832. The summed E-state index contributed by atoms with van der Waals surface area (Å²) in [6.45, 7) is 4.72. The van der Waals surface area contributed by atoms with Crippen LogP contribution in [-0.4, -0.2) is 22.9 Å². The Balaban J connectivity index is 2.21. The summed E-state index contributed by atoms with van der Waals surface area (Å²) in [4.78, 5) is 0. The van der Waals surface area contributed by atoms with Gasteiger partial charge in [0.1, 0.15) is 0 Å². The molecule has 0 amide bonds. The predicted molar refractivity (Wildman–Crippen MR) is 42.3 cm³/mol. The van der Waals surface area contributed by atoms with Crippen molar-refractivity contribution in [1.82, 2.24) is 0 Å². The first-order chi connectivity index (χ1) is 5.06. The molecule has 1 aliphatic heterocycles. The molecule has 1 saturated heterocycles. The number of ether oxygens (including phenoxy) is 1. The molecule has 0 spiro atoms. The molecule has 11 heavy (non-hydrogen) atoms. The molecule has 0 aromatic carbocycles. The maximum absolute atomic E-state index is 10.2. The van der Waals surface area contributed by atoms with Crippen LogP contribution < -0.4 is 0 Å². The fraction of sp³-hybridized carbons (Fsp3) is 1.00. The molecule has 1 unspecified atom stereocenters. The van der Waals surface area contributed by atoms with Crippen molar-refractivity contribution in [3.63, 3.8) is 0 Å². The highest BCUT2D eigenvalue weighted by atomic mass is 16.5. The highest BCUT2D eigenvalue weighted by Crippen LogP contribution is 2.51. The van der Waals surface area contributed by atoms with Gasteiger partial charge in [0.15, 0.2) is 0 Å².